The van der Waals surface area contributed by atoms with E-state index < -0.39 is 12.1 Å². The van der Waals surface area contributed by atoms with Crippen molar-refractivity contribution >= 4 is 5.82 Å². The van der Waals surface area contributed by atoms with Crippen LogP contribution in [-0.2, 0) is 5.41 Å². The number of nitrogens with zero attached hydrogens (tertiary/aromatic N) is 3. The Morgan fingerprint density at radius 3 is 2.54 bits per heavy atom. The van der Waals surface area contributed by atoms with Crippen molar-refractivity contribution in [1.82, 2.24) is 14.8 Å². The normalized spacial score (nSPS) is 31.2. The van der Waals surface area contributed by atoms with E-state index in [0.717, 1.165) is 17.8 Å². The van der Waals surface area contributed by atoms with Gasteiger partial charge in [0, 0.05) is 28.9 Å². The van der Waals surface area contributed by atoms with Gasteiger partial charge in [-0.1, -0.05) is 0 Å². The summed E-state index contributed by atoms with van der Waals surface area (Å²) in [5.74, 6) is 1.53. The highest BCUT2D eigenvalue weighted by atomic mass is 19.4. The van der Waals surface area contributed by atoms with Gasteiger partial charge in [0.15, 0.2) is 11.6 Å². The number of aromatic nitrogens is 3. The number of rotatable bonds is 4. The van der Waals surface area contributed by atoms with E-state index >= 15 is 0 Å². The predicted molar refractivity (Wildman–Crippen MR) is 88.3 cm³/mol. The van der Waals surface area contributed by atoms with Gasteiger partial charge < -0.3 is 10.5 Å². The second-order valence-corrected chi connectivity index (χ2v) is 7.86. The topological polar surface area (TPSA) is 66.0 Å². The Balaban J connectivity index is 1.54. The van der Waals surface area contributed by atoms with Crippen LogP contribution >= 0.6 is 0 Å². The van der Waals surface area contributed by atoms with Gasteiger partial charge in [0.05, 0.1) is 5.69 Å². The Labute approximate surface area is 148 Å². The van der Waals surface area contributed by atoms with Crippen molar-refractivity contribution in [2.45, 2.75) is 44.5 Å². The molecule has 2 aromatic rings. The number of pyridine rings is 1. The lowest BCUT2D eigenvalue weighted by Gasteiger charge is -2.14. The molecule has 8 heteroatoms. The zero-order chi connectivity index (χ0) is 18.4. The van der Waals surface area contributed by atoms with Crippen LogP contribution < -0.4 is 10.5 Å². The average molecular weight is 364 g/mol. The number of hydrogen-bond acceptors (Lipinski definition) is 4. The van der Waals surface area contributed by atoms with Crippen LogP contribution in [0.3, 0.4) is 0 Å². The van der Waals surface area contributed by atoms with Crippen molar-refractivity contribution in [2.24, 2.45) is 17.8 Å². The third-order valence-corrected chi connectivity index (χ3v) is 6.29. The fourth-order valence-corrected chi connectivity index (χ4v) is 5.26. The van der Waals surface area contributed by atoms with Gasteiger partial charge in [0.1, 0.15) is 0 Å². The summed E-state index contributed by atoms with van der Waals surface area (Å²) in [4.78, 5) is 3.86. The lowest BCUT2D eigenvalue weighted by molar-refractivity contribution is -0.274. The molecule has 4 aliphatic carbocycles. The van der Waals surface area contributed by atoms with E-state index in [4.69, 9.17) is 5.73 Å². The quantitative estimate of drug-likeness (QED) is 0.893. The summed E-state index contributed by atoms with van der Waals surface area (Å²) >= 11 is 0. The summed E-state index contributed by atoms with van der Waals surface area (Å²) in [5, 5.41) is 4.68. The third kappa shape index (κ3) is 1.98. The van der Waals surface area contributed by atoms with Crippen molar-refractivity contribution < 1.29 is 17.9 Å². The van der Waals surface area contributed by atoms with Crippen LogP contribution in [0.25, 0.3) is 11.3 Å². The number of fused-ring (bicyclic) bond motifs is 1. The van der Waals surface area contributed by atoms with Crippen LogP contribution in [0.4, 0.5) is 19.0 Å². The van der Waals surface area contributed by atoms with Crippen molar-refractivity contribution in [3.63, 3.8) is 0 Å². The fraction of sp³-hybridized carbons (Fsp3) is 0.556. The number of halogens is 3. The summed E-state index contributed by atoms with van der Waals surface area (Å²) < 4.78 is 43.7. The Kier molecular flexibility index (Phi) is 2.90. The summed E-state index contributed by atoms with van der Waals surface area (Å²) in [6, 6.07) is 3.46. The number of anilines is 1. The van der Waals surface area contributed by atoms with Gasteiger partial charge >= 0.3 is 6.36 Å². The molecule has 6 rings (SSSR count). The smallest absolute Gasteiger partial charge is 0.402 e. The van der Waals surface area contributed by atoms with Gasteiger partial charge in [-0.2, -0.15) is 5.10 Å². The van der Waals surface area contributed by atoms with Gasteiger partial charge in [-0.15, -0.1) is 13.2 Å². The molecule has 4 saturated carbocycles. The molecule has 4 fully saturated rings. The van der Waals surface area contributed by atoms with Gasteiger partial charge in [-0.05, 0) is 56.6 Å². The van der Waals surface area contributed by atoms with Crippen LogP contribution in [-0.4, -0.2) is 21.1 Å². The molecule has 0 amide bonds. The molecule has 26 heavy (non-hydrogen) atoms. The number of alkyl halides is 3. The molecule has 1 unspecified atom stereocenters. The molecule has 0 saturated heterocycles. The highest BCUT2D eigenvalue weighted by Crippen LogP contribution is 2.91. The molecule has 0 radical (unpaired) electrons. The first-order valence-corrected chi connectivity index (χ1v) is 8.85. The molecule has 2 bridgehead atoms. The molecular weight excluding hydrogens is 345 g/mol. The van der Waals surface area contributed by atoms with Crippen molar-refractivity contribution in [3.8, 4) is 17.0 Å². The number of ether oxygens (including phenoxy) is 1. The summed E-state index contributed by atoms with van der Waals surface area (Å²) in [6.45, 7) is 4.13. The largest absolute Gasteiger partial charge is 0.573 e. The van der Waals surface area contributed by atoms with Gasteiger partial charge in [0.25, 0.3) is 0 Å². The lowest BCUT2D eigenvalue weighted by atomic mass is 10.0. The minimum absolute atomic E-state index is 0.182. The predicted octanol–water partition coefficient (Wildman–Crippen LogP) is 3.91. The molecule has 4 aliphatic rings. The zero-order valence-electron chi connectivity index (χ0n) is 14.4. The number of nitrogen functional groups attached to an aromatic ring is 1. The molecule has 0 aliphatic heterocycles. The van der Waals surface area contributed by atoms with Gasteiger partial charge in [0.2, 0.25) is 0 Å². The van der Waals surface area contributed by atoms with Crippen LogP contribution in [0.5, 0.6) is 5.75 Å². The molecule has 2 heterocycles. The van der Waals surface area contributed by atoms with Crippen LogP contribution in [0.1, 0.15) is 38.4 Å². The number of hydrogen-bond donors (Lipinski definition) is 1. The molecule has 2 aromatic heterocycles. The molecule has 4 atom stereocenters. The molecule has 0 spiro atoms. The maximum atomic E-state index is 12.6. The first-order valence-electron chi connectivity index (χ1n) is 8.85. The maximum Gasteiger partial charge on any atom is 0.573 e. The van der Waals surface area contributed by atoms with Crippen molar-refractivity contribution in [3.05, 3.63) is 24.0 Å². The van der Waals surface area contributed by atoms with E-state index in [2.05, 4.69) is 28.7 Å². The fourth-order valence-electron chi connectivity index (χ4n) is 5.26. The Bertz CT molecular complexity index is 883. The van der Waals surface area contributed by atoms with Crippen molar-refractivity contribution in [2.75, 3.05) is 5.73 Å². The van der Waals surface area contributed by atoms with Gasteiger partial charge in [-0.25, -0.2) is 4.98 Å². The highest BCUT2D eigenvalue weighted by molar-refractivity contribution is 5.66. The highest BCUT2D eigenvalue weighted by Gasteiger charge is 2.90. The van der Waals surface area contributed by atoms with E-state index in [0.29, 0.717) is 11.3 Å². The zero-order valence-corrected chi connectivity index (χ0v) is 14.4. The average Bonchev–Trinajstić information content (AvgIpc) is 3.08. The van der Waals surface area contributed by atoms with E-state index in [-0.39, 0.29) is 17.3 Å². The van der Waals surface area contributed by atoms with Gasteiger partial charge in [-0.3, -0.25) is 4.68 Å². The summed E-state index contributed by atoms with van der Waals surface area (Å²) in [5.41, 5.74) is 8.11. The standard InChI is InChI=1S/C18H19F3N4O/c1-8(2)25-14(17-10-3-4-11(17)15(10)17)6-12(24-25)9-5-13(16(22)23-7-9)26-18(19,20)21/h5-8,10-11,15H,3-4H2,1-2H3,(H2,22,23)/t10-,11?,15-,17-/m1/s1. The Morgan fingerprint density at radius 1 is 1.27 bits per heavy atom. The lowest BCUT2D eigenvalue weighted by Crippen LogP contribution is -2.18. The Morgan fingerprint density at radius 2 is 1.96 bits per heavy atom. The van der Waals surface area contributed by atoms with E-state index in [1.54, 1.807) is 0 Å². The maximum absolute atomic E-state index is 12.6. The molecule has 2 N–H and O–H groups in total. The van der Waals surface area contributed by atoms with E-state index in [1.807, 2.05) is 10.7 Å². The summed E-state index contributed by atoms with van der Waals surface area (Å²) in [7, 11) is 0. The van der Waals surface area contributed by atoms with Crippen LogP contribution in [0, 0.1) is 17.8 Å². The second kappa shape index (κ2) is 4.72. The van der Waals surface area contributed by atoms with E-state index in [9.17, 15) is 13.2 Å². The van der Waals surface area contributed by atoms with E-state index in [1.165, 1.54) is 30.8 Å². The molecule has 138 valence electrons. The van der Waals surface area contributed by atoms with Crippen LogP contribution in [0.2, 0.25) is 0 Å². The Hall–Kier alpha value is -2.25. The first kappa shape index (κ1) is 16.0. The monoisotopic (exact) mass is 364 g/mol. The molecular formula is C18H19F3N4O. The summed E-state index contributed by atoms with van der Waals surface area (Å²) in [6.07, 6.45) is -0.814. The molecule has 5 nitrogen and oxygen atoms in total. The third-order valence-electron chi connectivity index (χ3n) is 6.29. The van der Waals surface area contributed by atoms with Crippen molar-refractivity contribution in [1.29, 1.82) is 0 Å². The minimum atomic E-state index is -4.82. The minimum Gasteiger partial charge on any atom is -0.402 e. The first-order chi connectivity index (χ1) is 12.2. The van der Waals surface area contributed by atoms with Crippen LogP contribution in [0.15, 0.2) is 18.3 Å². The molecule has 0 aromatic carbocycles. The second-order valence-electron chi connectivity index (χ2n) is 7.86. The SMILES string of the molecule is CC(C)n1nc(-c2cnc(N)c(OC(F)(F)F)c2)cc1[C@]12C3CC[C@@H]1[C@H]32. The number of nitrogens with two attached hydrogens (primary N) is 1.